The van der Waals surface area contributed by atoms with Crippen molar-refractivity contribution in [2.45, 2.75) is 25.3 Å². The smallest absolute Gasteiger partial charge is 0.118 e. The summed E-state index contributed by atoms with van der Waals surface area (Å²) in [5.41, 5.74) is 4.13. The molecule has 18 heavy (non-hydrogen) atoms. The van der Waals surface area contributed by atoms with Crippen molar-refractivity contribution in [2.24, 2.45) is 11.8 Å². The Morgan fingerprint density at radius 2 is 2.00 bits per heavy atom. The Kier molecular flexibility index (Phi) is 4.99. The maximum absolute atomic E-state index is 5.68. The lowest BCUT2D eigenvalue weighted by Gasteiger charge is -2.26. The number of benzene rings is 1. The zero-order valence-corrected chi connectivity index (χ0v) is 10.9. The van der Waals surface area contributed by atoms with Crippen LogP contribution in [0.2, 0.25) is 0 Å². The molecule has 0 bridgehead atoms. The average Bonchev–Trinajstić information content (AvgIpc) is 2.46. The fourth-order valence-electron chi connectivity index (χ4n) is 2.45. The lowest BCUT2D eigenvalue weighted by atomic mass is 9.90. The Balaban J connectivity index is 1.97. The molecule has 100 valence electrons. The van der Waals surface area contributed by atoms with Gasteiger partial charge in [-0.1, -0.05) is 12.1 Å². The first kappa shape index (κ1) is 13.3. The Hall–Kier alpha value is -1.10. The van der Waals surface area contributed by atoms with Crippen molar-refractivity contribution in [3.8, 4) is 5.75 Å². The molecule has 1 fully saturated rings. The molecule has 0 amide bonds. The molecule has 1 saturated heterocycles. The molecule has 0 saturated carbocycles. The molecule has 1 atom stereocenters. The van der Waals surface area contributed by atoms with E-state index in [9.17, 15) is 0 Å². The Labute approximate surface area is 108 Å². The highest BCUT2D eigenvalue weighted by molar-refractivity contribution is 5.29. The van der Waals surface area contributed by atoms with Crippen molar-refractivity contribution >= 4 is 0 Å². The molecule has 1 aliphatic heterocycles. The Morgan fingerprint density at radius 1 is 1.33 bits per heavy atom. The van der Waals surface area contributed by atoms with Crippen LogP contribution in [0.3, 0.4) is 0 Å². The van der Waals surface area contributed by atoms with Crippen molar-refractivity contribution in [2.75, 3.05) is 20.3 Å². The van der Waals surface area contributed by atoms with Crippen LogP contribution < -0.4 is 16.0 Å². The van der Waals surface area contributed by atoms with E-state index >= 15 is 0 Å². The lowest BCUT2D eigenvalue weighted by Crippen LogP contribution is -2.31. The molecule has 0 radical (unpaired) electrons. The quantitative estimate of drug-likeness (QED) is 0.620. The van der Waals surface area contributed by atoms with E-state index in [-0.39, 0.29) is 6.04 Å². The van der Waals surface area contributed by atoms with Gasteiger partial charge in [0.1, 0.15) is 5.75 Å². The highest BCUT2D eigenvalue weighted by Gasteiger charge is 2.19. The number of methoxy groups -OCH3 is 1. The monoisotopic (exact) mass is 250 g/mol. The van der Waals surface area contributed by atoms with Gasteiger partial charge >= 0.3 is 0 Å². The number of nitrogens with two attached hydrogens (primary N) is 1. The minimum atomic E-state index is 0.207. The third-order valence-electron chi connectivity index (χ3n) is 3.63. The normalized spacial score (nSPS) is 18.6. The van der Waals surface area contributed by atoms with Gasteiger partial charge in [0, 0.05) is 19.3 Å². The van der Waals surface area contributed by atoms with E-state index in [0.717, 1.165) is 38.2 Å². The SMILES string of the molecule is COc1ccc(C(CC2CCOCC2)NN)cc1. The van der Waals surface area contributed by atoms with Crippen LogP contribution in [0.4, 0.5) is 0 Å². The number of hydrazine groups is 1. The third kappa shape index (κ3) is 3.45. The van der Waals surface area contributed by atoms with Gasteiger partial charge < -0.3 is 9.47 Å². The number of hydrogen-bond donors (Lipinski definition) is 2. The van der Waals surface area contributed by atoms with Gasteiger partial charge in [-0.25, -0.2) is 0 Å². The van der Waals surface area contributed by atoms with E-state index in [1.165, 1.54) is 5.56 Å². The highest BCUT2D eigenvalue weighted by atomic mass is 16.5. The summed E-state index contributed by atoms with van der Waals surface area (Å²) in [6.45, 7) is 1.76. The van der Waals surface area contributed by atoms with Crippen LogP contribution in [0.25, 0.3) is 0 Å². The van der Waals surface area contributed by atoms with Gasteiger partial charge in [-0.05, 0) is 42.9 Å². The summed E-state index contributed by atoms with van der Waals surface area (Å²) in [4.78, 5) is 0. The predicted molar refractivity (Wildman–Crippen MR) is 71.2 cm³/mol. The first-order valence-corrected chi connectivity index (χ1v) is 6.51. The van der Waals surface area contributed by atoms with Crippen LogP contribution in [0.15, 0.2) is 24.3 Å². The highest BCUT2D eigenvalue weighted by Crippen LogP contribution is 2.28. The first-order valence-electron chi connectivity index (χ1n) is 6.51. The van der Waals surface area contributed by atoms with Crippen LogP contribution in [-0.4, -0.2) is 20.3 Å². The van der Waals surface area contributed by atoms with Crippen molar-refractivity contribution < 1.29 is 9.47 Å². The van der Waals surface area contributed by atoms with E-state index in [1.807, 2.05) is 12.1 Å². The van der Waals surface area contributed by atoms with Crippen molar-refractivity contribution in [3.63, 3.8) is 0 Å². The van der Waals surface area contributed by atoms with Crippen LogP contribution >= 0.6 is 0 Å². The maximum atomic E-state index is 5.68. The zero-order valence-electron chi connectivity index (χ0n) is 10.9. The number of hydrogen-bond acceptors (Lipinski definition) is 4. The molecule has 4 nitrogen and oxygen atoms in total. The van der Waals surface area contributed by atoms with Gasteiger partial charge in [0.15, 0.2) is 0 Å². The second-order valence-corrected chi connectivity index (χ2v) is 4.78. The fraction of sp³-hybridized carbons (Fsp3) is 0.571. The third-order valence-corrected chi connectivity index (χ3v) is 3.63. The van der Waals surface area contributed by atoms with E-state index in [4.69, 9.17) is 15.3 Å². The molecule has 1 aliphatic rings. The average molecular weight is 250 g/mol. The van der Waals surface area contributed by atoms with Gasteiger partial charge in [0.25, 0.3) is 0 Å². The first-order chi connectivity index (χ1) is 8.83. The molecule has 1 unspecified atom stereocenters. The summed E-state index contributed by atoms with van der Waals surface area (Å²) >= 11 is 0. The molecule has 2 rings (SSSR count). The number of ether oxygens (including phenoxy) is 2. The topological polar surface area (TPSA) is 56.5 Å². The Morgan fingerprint density at radius 3 is 2.56 bits per heavy atom. The van der Waals surface area contributed by atoms with Gasteiger partial charge in [-0.15, -0.1) is 0 Å². The Bertz CT molecular complexity index is 347. The molecule has 0 aromatic heterocycles. The molecule has 0 aliphatic carbocycles. The number of rotatable bonds is 5. The van der Waals surface area contributed by atoms with Gasteiger partial charge in [0.05, 0.1) is 7.11 Å². The van der Waals surface area contributed by atoms with E-state index in [2.05, 4.69) is 17.6 Å². The van der Waals surface area contributed by atoms with Gasteiger partial charge in [0.2, 0.25) is 0 Å². The molecule has 1 heterocycles. The van der Waals surface area contributed by atoms with E-state index in [1.54, 1.807) is 7.11 Å². The summed E-state index contributed by atoms with van der Waals surface area (Å²) in [7, 11) is 1.68. The van der Waals surface area contributed by atoms with Crippen molar-refractivity contribution in [1.29, 1.82) is 0 Å². The summed E-state index contributed by atoms with van der Waals surface area (Å²) < 4.78 is 10.5. The van der Waals surface area contributed by atoms with E-state index < -0.39 is 0 Å². The summed E-state index contributed by atoms with van der Waals surface area (Å²) in [5, 5.41) is 0. The largest absolute Gasteiger partial charge is 0.497 e. The molecular formula is C14H22N2O2. The minimum absolute atomic E-state index is 0.207. The molecule has 1 aromatic carbocycles. The summed E-state index contributed by atoms with van der Waals surface area (Å²) in [6, 6.07) is 8.30. The molecule has 3 N–H and O–H groups in total. The van der Waals surface area contributed by atoms with E-state index in [0.29, 0.717) is 5.92 Å². The van der Waals surface area contributed by atoms with Gasteiger partial charge in [-0.3, -0.25) is 11.3 Å². The minimum Gasteiger partial charge on any atom is -0.497 e. The van der Waals surface area contributed by atoms with Crippen molar-refractivity contribution in [3.05, 3.63) is 29.8 Å². The molecule has 0 spiro atoms. The maximum Gasteiger partial charge on any atom is 0.118 e. The van der Waals surface area contributed by atoms with Crippen LogP contribution in [0, 0.1) is 5.92 Å². The molecule has 4 heteroatoms. The van der Waals surface area contributed by atoms with Gasteiger partial charge in [-0.2, -0.15) is 0 Å². The second-order valence-electron chi connectivity index (χ2n) is 4.78. The summed E-state index contributed by atoms with van der Waals surface area (Å²) in [5.74, 6) is 7.25. The predicted octanol–water partition coefficient (Wildman–Crippen LogP) is 2.02. The van der Waals surface area contributed by atoms with Crippen LogP contribution in [0.1, 0.15) is 30.9 Å². The summed E-state index contributed by atoms with van der Waals surface area (Å²) in [6.07, 6.45) is 3.33. The molecular weight excluding hydrogens is 228 g/mol. The molecule has 1 aromatic rings. The lowest BCUT2D eigenvalue weighted by molar-refractivity contribution is 0.0605. The fourth-order valence-corrected chi connectivity index (χ4v) is 2.45. The van der Waals surface area contributed by atoms with Crippen LogP contribution in [0.5, 0.6) is 5.75 Å². The van der Waals surface area contributed by atoms with Crippen molar-refractivity contribution in [1.82, 2.24) is 5.43 Å². The number of nitrogens with one attached hydrogen (secondary N) is 1. The zero-order chi connectivity index (χ0) is 12.8. The second kappa shape index (κ2) is 6.73. The standard InChI is InChI=1S/C14H22N2O2/c1-17-13-4-2-12(3-5-13)14(16-15)10-11-6-8-18-9-7-11/h2-5,11,14,16H,6-10,15H2,1H3. The van der Waals surface area contributed by atoms with Crippen LogP contribution in [-0.2, 0) is 4.74 Å².